The highest BCUT2D eigenvalue weighted by Crippen LogP contribution is 2.27. The van der Waals surface area contributed by atoms with Crippen LogP contribution in [-0.2, 0) is 14.6 Å². The second kappa shape index (κ2) is 4.37. The predicted octanol–water partition coefficient (Wildman–Crippen LogP) is 0.281. The molecule has 1 aromatic rings. The van der Waals surface area contributed by atoms with Gasteiger partial charge in [0.05, 0.1) is 18.9 Å². The minimum Gasteiger partial charge on any atom is -0.496 e. The lowest BCUT2D eigenvalue weighted by Crippen LogP contribution is -2.43. The third-order valence-electron chi connectivity index (χ3n) is 2.62. The lowest BCUT2D eigenvalue weighted by molar-refractivity contribution is -0.119. The van der Waals surface area contributed by atoms with Gasteiger partial charge >= 0.3 is 0 Å². The van der Waals surface area contributed by atoms with Gasteiger partial charge in [0.15, 0.2) is 9.84 Å². The molecule has 0 radical (unpaired) electrons. The van der Waals surface area contributed by atoms with Crippen LogP contribution in [0.1, 0.15) is 11.6 Å². The fourth-order valence-electron chi connectivity index (χ4n) is 1.91. The number of carbonyl (C=O) groups excluding carboxylic acids is 1. The first kappa shape index (κ1) is 11.9. The summed E-state index contributed by atoms with van der Waals surface area (Å²) in [7, 11) is -1.81. The molecule has 0 bridgehead atoms. The predicted molar refractivity (Wildman–Crippen MR) is 62.5 cm³/mol. The Kier molecular flexibility index (Phi) is 3.06. The zero-order valence-corrected chi connectivity index (χ0v) is 10.2. The first-order valence-corrected chi connectivity index (χ1v) is 6.97. The number of amides is 1. The van der Waals surface area contributed by atoms with Gasteiger partial charge in [-0.05, 0) is 6.07 Å². The van der Waals surface area contributed by atoms with Crippen molar-refractivity contribution >= 4 is 15.7 Å². The highest BCUT2D eigenvalue weighted by atomic mass is 32.2. The fourth-order valence-corrected chi connectivity index (χ4v) is 3.28. The topological polar surface area (TPSA) is 72.5 Å². The van der Waals surface area contributed by atoms with Gasteiger partial charge in [-0.1, -0.05) is 18.2 Å². The minimum absolute atomic E-state index is 0.0842. The maximum Gasteiger partial charge on any atom is 0.235 e. The second-order valence-corrected chi connectivity index (χ2v) is 6.03. The second-order valence-electron chi connectivity index (χ2n) is 3.92. The van der Waals surface area contributed by atoms with E-state index in [2.05, 4.69) is 5.32 Å². The Bertz CT molecular complexity index is 538. The molecule has 6 heteroatoms. The monoisotopic (exact) mass is 255 g/mol. The Labute approximate surface area is 99.7 Å². The van der Waals surface area contributed by atoms with Gasteiger partial charge in [0.25, 0.3) is 0 Å². The maximum absolute atomic E-state index is 11.5. The number of sulfone groups is 1. The van der Waals surface area contributed by atoms with E-state index in [4.69, 9.17) is 4.74 Å². The number of nitrogens with one attached hydrogen (secondary N) is 1. The van der Waals surface area contributed by atoms with Crippen molar-refractivity contribution in [2.24, 2.45) is 0 Å². The van der Waals surface area contributed by atoms with E-state index in [-0.39, 0.29) is 5.75 Å². The molecule has 92 valence electrons. The molecule has 0 saturated carbocycles. The molecule has 1 atom stereocenters. The molecular formula is C11H13NO4S. The Morgan fingerprint density at radius 2 is 2.06 bits per heavy atom. The third-order valence-corrected chi connectivity index (χ3v) is 4.16. The molecule has 1 heterocycles. The third kappa shape index (κ3) is 2.58. The first-order valence-electron chi connectivity index (χ1n) is 5.14. The van der Waals surface area contributed by atoms with E-state index in [1.54, 1.807) is 24.3 Å². The summed E-state index contributed by atoms with van der Waals surface area (Å²) in [6.07, 6.45) is 0. The molecule has 1 saturated heterocycles. The highest BCUT2D eigenvalue weighted by molar-refractivity contribution is 7.92. The van der Waals surface area contributed by atoms with Crippen LogP contribution in [-0.4, -0.2) is 32.9 Å². The summed E-state index contributed by atoms with van der Waals surface area (Å²) in [5, 5.41) is 2.66. The van der Waals surface area contributed by atoms with Crippen molar-refractivity contribution in [2.75, 3.05) is 18.6 Å². The normalized spacial score (nSPS) is 22.9. The quantitative estimate of drug-likeness (QED) is 0.824. The summed E-state index contributed by atoms with van der Waals surface area (Å²) < 4.78 is 28.2. The number of benzene rings is 1. The standard InChI is InChI=1S/C11H13NO4S/c1-16-10-5-3-2-4-8(10)9-6-17(14,15)7-11(13)12-9/h2-5,9H,6-7H2,1H3,(H,12,13). The van der Waals surface area contributed by atoms with Crippen molar-refractivity contribution in [2.45, 2.75) is 6.04 Å². The number of rotatable bonds is 2. The molecule has 1 aliphatic heterocycles. The van der Waals surface area contributed by atoms with Gasteiger partial charge in [0.2, 0.25) is 5.91 Å². The molecule has 0 spiro atoms. The molecule has 2 rings (SSSR count). The van der Waals surface area contributed by atoms with Crippen LogP contribution in [0.2, 0.25) is 0 Å². The largest absolute Gasteiger partial charge is 0.496 e. The van der Waals surface area contributed by atoms with Gasteiger partial charge in [-0.3, -0.25) is 4.79 Å². The molecule has 17 heavy (non-hydrogen) atoms. The van der Waals surface area contributed by atoms with Crippen molar-refractivity contribution in [3.8, 4) is 5.75 Å². The molecule has 1 aromatic carbocycles. The molecule has 1 unspecified atom stereocenters. The lowest BCUT2D eigenvalue weighted by Gasteiger charge is -2.25. The molecule has 1 N–H and O–H groups in total. The van der Waals surface area contributed by atoms with Crippen LogP contribution in [0.15, 0.2) is 24.3 Å². The van der Waals surface area contributed by atoms with E-state index in [1.165, 1.54) is 7.11 Å². The number of para-hydroxylation sites is 1. The van der Waals surface area contributed by atoms with Crippen LogP contribution in [0.25, 0.3) is 0 Å². The minimum atomic E-state index is -3.32. The van der Waals surface area contributed by atoms with Crippen LogP contribution in [0.5, 0.6) is 5.75 Å². The molecule has 0 aromatic heterocycles. The zero-order chi connectivity index (χ0) is 12.5. The Morgan fingerprint density at radius 1 is 1.35 bits per heavy atom. The fraction of sp³-hybridized carbons (Fsp3) is 0.364. The van der Waals surface area contributed by atoms with Crippen LogP contribution >= 0.6 is 0 Å². The number of methoxy groups -OCH3 is 1. The molecular weight excluding hydrogens is 242 g/mol. The summed E-state index contributed by atoms with van der Waals surface area (Å²) in [6.45, 7) is 0. The van der Waals surface area contributed by atoms with Gasteiger partial charge in [0, 0.05) is 5.56 Å². The van der Waals surface area contributed by atoms with Gasteiger partial charge in [-0.25, -0.2) is 8.42 Å². The molecule has 1 aliphatic rings. The Morgan fingerprint density at radius 3 is 2.71 bits per heavy atom. The van der Waals surface area contributed by atoms with Crippen LogP contribution in [0.4, 0.5) is 0 Å². The van der Waals surface area contributed by atoms with Crippen LogP contribution < -0.4 is 10.1 Å². The van der Waals surface area contributed by atoms with Gasteiger partial charge < -0.3 is 10.1 Å². The highest BCUT2D eigenvalue weighted by Gasteiger charge is 2.31. The summed E-state index contributed by atoms with van der Waals surface area (Å²) >= 11 is 0. The summed E-state index contributed by atoms with van der Waals surface area (Å²) in [5.74, 6) is -0.403. The number of ether oxygens (including phenoxy) is 1. The maximum atomic E-state index is 11.5. The van der Waals surface area contributed by atoms with Gasteiger partial charge in [-0.2, -0.15) is 0 Å². The lowest BCUT2D eigenvalue weighted by atomic mass is 10.1. The van der Waals surface area contributed by atoms with Crippen LogP contribution in [0.3, 0.4) is 0 Å². The van der Waals surface area contributed by atoms with Gasteiger partial charge in [-0.15, -0.1) is 0 Å². The number of hydrogen-bond acceptors (Lipinski definition) is 4. The van der Waals surface area contributed by atoms with E-state index < -0.39 is 27.5 Å². The summed E-state index contributed by atoms with van der Waals surface area (Å²) in [6, 6.07) is 6.54. The molecule has 1 fully saturated rings. The summed E-state index contributed by atoms with van der Waals surface area (Å²) in [4.78, 5) is 11.3. The Balaban J connectivity index is 2.36. The summed E-state index contributed by atoms with van der Waals surface area (Å²) in [5.41, 5.74) is 0.687. The average Bonchev–Trinajstić information content (AvgIpc) is 2.26. The van der Waals surface area contributed by atoms with E-state index in [0.717, 1.165) is 0 Å². The number of carbonyl (C=O) groups is 1. The average molecular weight is 255 g/mol. The van der Waals surface area contributed by atoms with Crippen molar-refractivity contribution in [3.05, 3.63) is 29.8 Å². The van der Waals surface area contributed by atoms with E-state index in [9.17, 15) is 13.2 Å². The molecule has 1 amide bonds. The van der Waals surface area contributed by atoms with E-state index in [1.807, 2.05) is 0 Å². The zero-order valence-electron chi connectivity index (χ0n) is 9.34. The van der Waals surface area contributed by atoms with Crippen LogP contribution in [0, 0.1) is 0 Å². The first-order chi connectivity index (χ1) is 8.02. The van der Waals surface area contributed by atoms with Crippen molar-refractivity contribution < 1.29 is 17.9 Å². The number of hydrogen-bond donors (Lipinski definition) is 1. The molecule has 0 aliphatic carbocycles. The molecule has 5 nitrogen and oxygen atoms in total. The Hall–Kier alpha value is -1.56. The van der Waals surface area contributed by atoms with Crippen molar-refractivity contribution in [1.29, 1.82) is 0 Å². The van der Waals surface area contributed by atoms with E-state index >= 15 is 0 Å². The van der Waals surface area contributed by atoms with Crippen molar-refractivity contribution in [1.82, 2.24) is 5.32 Å². The van der Waals surface area contributed by atoms with Crippen molar-refractivity contribution in [3.63, 3.8) is 0 Å². The van der Waals surface area contributed by atoms with E-state index in [0.29, 0.717) is 11.3 Å². The SMILES string of the molecule is COc1ccccc1C1CS(=O)(=O)CC(=O)N1. The smallest absolute Gasteiger partial charge is 0.235 e. The van der Waals surface area contributed by atoms with Gasteiger partial charge in [0.1, 0.15) is 11.5 Å².